The van der Waals surface area contributed by atoms with Crippen LogP contribution in [0.15, 0.2) is 84.8 Å². The van der Waals surface area contributed by atoms with Gasteiger partial charge >= 0.3 is 0 Å². The SMILES string of the molecule is NC1=NC(c2ccc(-n3ccnc3)cc2)(c2cccnc2)C=CN1. The predicted octanol–water partition coefficient (Wildman–Crippen LogP) is 1.94. The number of rotatable bonds is 3. The van der Waals surface area contributed by atoms with Crippen LogP contribution in [0.5, 0.6) is 0 Å². The minimum absolute atomic E-state index is 0.375. The number of nitrogens with two attached hydrogens (primary N) is 1. The molecule has 6 heteroatoms. The normalized spacial score (nSPS) is 19.6. The van der Waals surface area contributed by atoms with Crippen molar-refractivity contribution in [3.05, 3.63) is 90.9 Å². The van der Waals surface area contributed by atoms with Crippen LogP contribution in [-0.4, -0.2) is 20.5 Å². The first-order chi connectivity index (χ1) is 11.8. The molecule has 2 aromatic heterocycles. The van der Waals surface area contributed by atoms with Gasteiger partial charge in [-0.15, -0.1) is 0 Å². The lowest BCUT2D eigenvalue weighted by molar-refractivity contribution is 0.660. The highest BCUT2D eigenvalue weighted by molar-refractivity contribution is 5.81. The standard InChI is InChI=1S/C18H16N6/c19-17-22-9-7-18(23-17,15-2-1-8-20-12-15)14-3-5-16(6-4-14)24-11-10-21-13-24/h1-13H,(H3,19,22,23). The van der Waals surface area contributed by atoms with E-state index in [-0.39, 0.29) is 0 Å². The van der Waals surface area contributed by atoms with Gasteiger partial charge in [0.25, 0.3) is 0 Å². The fraction of sp³-hybridized carbons (Fsp3) is 0.0556. The number of pyridine rings is 1. The Bertz CT molecular complexity index is 881. The van der Waals surface area contributed by atoms with Crippen LogP contribution in [-0.2, 0) is 5.54 Å². The van der Waals surface area contributed by atoms with Crippen LogP contribution < -0.4 is 11.1 Å². The van der Waals surface area contributed by atoms with Crippen molar-refractivity contribution in [2.45, 2.75) is 5.54 Å². The number of aliphatic imine (C=N–C) groups is 1. The first-order valence-corrected chi connectivity index (χ1v) is 7.57. The molecule has 0 amide bonds. The van der Waals surface area contributed by atoms with Crippen molar-refractivity contribution in [3.63, 3.8) is 0 Å². The highest BCUT2D eigenvalue weighted by Gasteiger charge is 2.33. The lowest BCUT2D eigenvalue weighted by Crippen LogP contribution is -2.37. The molecule has 1 unspecified atom stereocenters. The zero-order valence-electron chi connectivity index (χ0n) is 12.9. The Balaban J connectivity index is 1.83. The van der Waals surface area contributed by atoms with E-state index in [1.165, 1.54) is 0 Å². The lowest BCUT2D eigenvalue weighted by atomic mass is 9.83. The molecule has 118 valence electrons. The smallest absolute Gasteiger partial charge is 0.194 e. The van der Waals surface area contributed by atoms with Gasteiger partial charge in [0.2, 0.25) is 0 Å². The van der Waals surface area contributed by atoms with Gasteiger partial charge in [0.05, 0.1) is 6.33 Å². The summed E-state index contributed by atoms with van der Waals surface area (Å²) in [5.41, 5.74) is 8.27. The molecule has 3 heterocycles. The molecule has 24 heavy (non-hydrogen) atoms. The monoisotopic (exact) mass is 316 g/mol. The van der Waals surface area contributed by atoms with Crippen molar-refractivity contribution in [1.82, 2.24) is 19.9 Å². The number of nitrogens with zero attached hydrogens (tertiary/aromatic N) is 4. The molecule has 0 spiro atoms. The molecule has 1 atom stereocenters. The fourth-order valence-corrected chi connectivity index (χ4v) is 2.88. The molecule has 0 saturated heterocycles. The average Bonchev–Trinajstić information content (AvgIpc) is 3.17. The number of hydrogen-bond donors (Lipinski definition) is 2. The number of benzene rings is 1. The van der Waals surface area contributed by atoms with Gasteiger partial charge in [0.15, 0.2) is 5.96 Å². The second-order valence-electron chi connectivity index (χ2n) is 5.50. The summed E-state index contributed by atoms with van der Waals surface area (Å²) < 4.78 is 1.95. The molecule has 0 aliphatic carbocycles. The molecule has 1 aliphatic heterocycles. The van der Waals surface area contributed by atoms with E-state index >= 15 is 0 Å². The van der Waals surface area contributed by atoms with Gasteiger partial charge in [-0.1, -0.05) is 18.2 Å². The van der Waals surface area contributed by atoms with Crippen molar-refractivity contribution in [2.75, 3.05) is 0 Å². The number of guanidine groups is 1. The number of imidazole rings is 1. The minimum atomic E-state index is -0.683. The van der Waals surface area contributed by atoms with Gasteiger partial charge < -0.3 is 15.6 Å². The average molecular weight is 316 g/mol. The molecule has 0 radical (unpaired) electrons. The Morgan fingerprint density at radius 3 is 2.54 bits per heavy atom. The first-order valence-electron chi connectivity index (χ1n) is 7.57. The van der Waals surface area contributed by atoms with E-state index in [1.807, 2.05) is 53.5 Å². The van der Waals surface area contributed by atoms with Crippen LogP contribution in [0.1, 0.15) is 11.1 Å². The summed E-state index contributed by atoms with van der Waals surface area (Å²) in [6.45, 7) is 0. The van der Waals surface area contributed by atoms with Crippen molar-refractivity contribution in [2.24, 2.45) is 10.7 Å². The predicted molar refractivity (Wildman–Crippen MR) is 92.5 cm³/mol. The van der Waals surface area contributed by atoms with E-state index in [4.69, 9.17) is 5.73 Å². The van der Waals surface area contributed by atoms with E-state index < -0.39 is 5.54 Å². The molecule has 0 bridgehead atoms. The Morgan fingerprint density at radius 2 is 1.88 bits per heavy atom. The molecule has 1 aromatic carbocycles. The Labute approximate surface area is 139 Å². The van der Waals surface area contributed by atoms with E-state index in [2.05, 4.69) is 32.4 Å². The summed E-state index contributed by atoms with van der Waals surface area (Å²) in [6.07, 6.45) is 12.8. The van der Waals surface area contributed by atoms with Gasteiger partial charge in [-0.25, -0.2) is 9.98 Å². The highest BCUT2D eigenvalue weighted by Crippen LogP contribution is 2.36. The maximum absolute atomic E-state index is 5.95. The molecule has 3 aromatic rings. The number of hydrogen-bond acceptors (Lipinski definition) is 5. The van der Waals surface area contributed by atoms with E-state index in [0.717, 1.165) is 16.8 Å². The molecule has 4 rings (SSSR count). The quantitative estimate of drug-likeness (QED) is 0.774. The Kier molecular flexibility index (Phi) is 3.35. The summed E-state index contributed by atoms with van der Waals surface area (Å²) in [4.78, 5) is 13.0. The summed E-state index contributed by atoms with van der Waals surface area (Å²) >= 11 is 0. The van der Waals surface area contributed by atoms with E-state index in [1.54, 1.807) is 18.7 Å². The van der Waals surface area contributed by atoms with Crippen LogP contribution in [0.25, 0.3) is 5.69 Å². The number of nitrogens with one attached hydrogen (secondary N) is 1. The summed E-state index contributed by atoms with van der Waals surface area (Å²) in [5, 5.41) is 2.92. The Morgan fingerprint density at radius 1 is 1.00 bits per heavy atom. The van der Waals surface area contributed by atoms with Crippen LogP contribution >= 0.6 is 0 Å². The molecular formula is C18H16N6. The van der Waals surface area contributed by atoms with E-state index in [0.29, 0.717) is 5.96 Å². The Hall–Kier alpha value is -3.41. The maximum atomic E-state index is 5.95. The van der Waals surface area contributed by atoms with Gasteiger partial charge in [0, 0.05) is 42.2 Å². The molecular weight excluding hydrogens is 300 g/mol. The largest absolute Gasteiger partial charge is 0.370 e. The summed E-state index contributed by atoms with van der Waals surface area (Å²) in [5.74, 6) is 0.375. The highest BCUT2D eigenvalue weighted by atomic mass is 15.1. The van der Waals surface area contributed by atoms with Gasteiger partial charge in [0.1, 0.15) is 5.54 Å². The zero-order chi connectivity index (χ0) is 16.4. The summed E-state index contributed by atoms with van der Waals surface area (Å²) in [7, 11) is 0. The van der Waals surface area contributed by atoms with Crippen LogP contribution in [0.4, 0.5) is 0 Å². The molecule has 0 fully saturated rings. The van der Waals surface area contributed by atoms with Gasteiger partial charge in [-0.3, -0.25) is 4.98 Å². The van der Waals surface area contributed by atoms with Crippen LogP contribution in [0.3, 0.4) is 0 Å². The second kappa shape index (κ2) is 5.66. The van der Waals surface area contributed by atoms with Crippen molar-refractivity contribution >= 4 is 5.96 Å². The molecule has 6 nitrogen and oxygen atoms in total. The first kappa shape index (κ1) is 14.2. The molecule has 0 saturated carbocycles. The molecule has 1 aliphatic rings. The topological polar surface area (TPSA) is 81.1 Å². The van der Waals surface area contributed by atoms with Gasteiger partial charge in [-0.05, 0) is 29.8 Å². The van der Waals surface area contributed by atoms with Crippen molar-refractivity contribution in [3.8, 4) is 5.69 Å². The zero-order valence-corrected chi connectivity index (χ0v) is 12.9. The number of aromatic nitrogens is 3. The molecule has 3 N–H and O–H groups in total. The van der Waals surface area contributed by atoms with Crippen LogP contribution in [0, 0.1) is 0 Å². The van der Waals surface area contributed by atoms with E-state index in [9.17, 15) is 0 Å². The maximum Gasteiger partial charge on any atom is 0.194 e. The van der Waals surface area contributed by atoms with Crippen molar-refractivity contribution < 1.29 is 0 Å². The third kappa shape index (κ3) is 2.34. The van der Waals surface area contributed by atoms with Crippen LogP contribution in [0.2, 0.25) is 0 Å². The third-order valence-electron chi connectivity index (χ3n) is 4.06. The van der Waals surface area contributed by atoms with Crippen molar-refractivity contribution in [1.29, 1.82) is 0 Å². The fourth-order valence-electron chi connectivity index (χ4n) is 2.88. The third-order valence-corrected chi connectivity index (χ3v) is 4.06. The lowest BCUT2D eigenvalue weighted by Gasteiger charge is -2.30. The second-order valence-corrected chi connectivity index (χ2v) is 5.50. The summed E-state index contributed by atoms with van der Waals surface area (Å²) in [6, 6.07) is 12.1. The van der Waals surface area contributed by atoms with Gasteiger partial charge in [-0.2, -0.15) is 0 Å². The minimum Gasteiger partial charge on any atom is -0.370 e.